The number of carbonyl (C=O) groups excluding carboxylic acids is 1. The number of aliphatic hydroxyl groups is 1. The number of aryl methyl sites for hydroxylation is 1. The van der Waals surface area contributed by atoms with Crippen LogP contribution in [0.25, 0.3) is 10.4 Å². The molecule has 5 rings (SSSR count). The molecule has 0 saturated carbocycles. The third kappa shape index (κ3) is 7.89. The van der Waals surface area contributed by atoms with Gasteiger partial charge in [0.15, 0.2) is 11.6 Å². The number of nitrogens with zero attached hydrogens (tertiary/aromatic N) is 4. The Morgan fingerprint density at radius 1 is 0.933 bits per heavy atom. The number of carbonyl (C=O) groups is 1. The second kappa shape index (κ2) is 15.6. The monoisotopic (exact) mass is 603 g/mol. The number of hydrogen-bond acceptors (Lipinski definition) is 6. The lowest BCUT2D eigenvalue weighted by Gasteiger charge is -2.31. The van der Waals surface area contributed by atoms with E-state index in [1.165, 1.54) is 5.56 Å². The van der Waals surface area contributed by atoms with Crippen molar-refractivity contribution in [2.45, 2.75) is 43.9 Å². The molecule has 4 aromatic rings. The lowest BCUT2D eigenvalue weighted by atomic mass is 9.81. The summed E-state index contributed by atoms with van der Waals surface area (Å²) in [5, 5.41) is 16.0. The Morgan fingerprint density at radius 3 is 2.33 bits per heavy atom. The van der Waals surface area contributed by atoms with Gasteiger partial charge in [-0.1, -0.05) is 90.0 Å². The first-order chi connectivity index (χ1) is 22.1. The summed E-state index contributed by atoms with van der Waals surface area (Å²) in [6, 6.07) is 34.9. The molecule has 0 spiro atoms. The highest BCUT2D eigenvalue weighted by Gasteiger charge is 2.53. The molecule has 0 radical (unpaired) electrons. The van der Waals surface area contributed by atoms with E-state index in [9.17, 15) is 4.79 Å². The van der Waals surface area contributed by atoms with Crippen LogP contribution in [0, 0.1) is 0 Å². The van der Waals surface area contributed by atoms with E-state index in [1.54, 1.807) is 0 Å². The van der Waals surface area contributed by atoms with Crippen LogP contribution in [0.4, 0.5) is 0 Å². The molecule has 45 heavy (non-hydrogen) atoms. The van der Waals surface area contributed by atoms with E-state index in [0.717, 1.165) is 29.5 Å². The van der Waals surface area contributed by atoms with Crippen molar-refractivity contribution < 1.29 is 19.4 Å². The number of rotatable bonds is 15. The molecular formula is C36H37N5O4. The van der Waals surface area contributed by atoms with Crippen molar-refractivity contribution in [1.29, 1.82) is 0 Å². The van der Waals surface area contributed by atoms with E-state index < -0.39 is 11.6 Å². The van der Waals surface area contributed by atoms with Crippen molar-refractivity contribution in [1.82, 2.24) is 5.32 Å². The van der Waals surface area contributed by atoms with Crippen molar-refractivity contribution in [3.8, 4) is 5.75 Å². The Bertz CT molecular complexity index is 1620. The van der Waals surface area contributed by atoms with Crippen LogP contribution >= 0.6 is 0 Å². The highest BCUT2D eigenvalue weighted by molar-refractivity contribution is 6.01. The topological polar surface area (TPSA) is 129 Å². The fraction of sp³-hybridized carbons (Fsp3) is 0.278. The summed E-state index contributed by atoms with van der Waals surface area (Å²) >= 11 is 0. The van der Waals surface area contributed by atoms with Gasteiger partial charge >= 0.3 is 0 Å². The van der Waals surface area contributed by atoms with Gasteiger partial charge < -0.3 is 19.9 Å². The molecule has 0 unspecified atom stereocenters. The standard InChI is InChI=1S/C36H37N5O4/c37-41-39-26-31-17-8-7-16-30(31)25-36(35(43)38-22-9-13-27-11-3-1-4-12-27)33(28-14-5-2-6-15-28)45-34(40-36)29-18-20-32(21-19-29)44-24-10-23-42/h1-8,11-12,14-21,33,42H,9-10,13,22-26H2,(H,38,43)/t33-,36-/m1/s1. The van der Waals surface area contributed by atoms with Crippen LogP contribution in [0.2, 0.25) is 0 Å². The minimum Gasteiger partial charge on any atom is -0.494 e. The summed E-state index contributed by atoms with van der Waals surface area (Å²) in [5.74, 6) is 0.791. The Kier molecular flexibility index (Phi) is 10.8. The van der Waals surface area contributed by atoms with Crippen molar-refractivity contribution in [3.63, 3.8) is 0 Å². The molecule has 1 heterocycles. The quantitative estimate of drug-likeness (QED) is 0.0695. The number of hydrogen-bond donors (Lipinski definition) is 2. The van der Waals surface area contributed by atoms with Gasteiger partial charge in [0.2, 0.25) is 5.90 Å². The molecule has 0 fully saturated rings. The second-order valence-electron chi connectivity index (χ2n) is 10.9. The molecule has 9 nitrogen and oxygen atoms in total. The van der Waals surface area contributed by atoms with Gasteiger partial charge in [-0.05, 0) is 64.9 Å². The molecule has 1 amide bonds. The number of azide groups is 1. The van der Waals surface area contributed by atoms with E-state index in [0.29, 0.717) is 36.8 Å². The number of ether oxygens (including phenoxy) is 2. The Morgan fingerprint density at radius 2 is 1.62 bits per heavy atom. The average Bonchev–Trinajstić information content (AvgIpc) is 3.48. The average molecular weight is 604 g/mol. The van der Waals surface area contributed by atoms with Gasteiger partial charge in [0, 0.05) is 36.5 Å². The number of amides is 1. The Balaban J connectivity index is 1.51. The van der Waals surface area contributed by atoms with Gasteiger partial charge in [0.1, 0.15) is 5.75 Å². The highest BCUT2D eigenvalue weighted by atomic mass is 16.5. The summed E-state index contributed by atoms with van der Waals surface area (Å²) in [5.41, 5.74) is 12.1. The molecule has 0 aliphatic carbocycles. The van der Waals surface area contributed by atoms with Gasteiger partial charge in [0.05, 0.1) is 13.2 Å². The van der Waals surface area contributed by atoms with Crippen LogP contribution < -0.4 is 10.1 Å². The van der Waals surface area contributed by atoms with Gasteiger partial charge in [-0.3, -0.25) is 4.79 Å². The Hall–Kier alpha value is -5.11. The smallest absolute Gasteiger partial charge is 0.252 e. The summed E-state index contributed by atoms with van der Waals surface area (Å²) in [4.78, 5) is 22.5. The fourth-order valence-electron chi connectivity index (χ4n) is 5.48. The fourth-order valence-corrected chi connectivity index (χ4v) is 5.48. The maximum absolute atomic E-state index is 14.4. The van der Waals surface area contributed by atoms with E-state index in [2.05, 4.69) is 27.5 Å². The zero-order chi connectivity index (χ0) is 31.3. The number of nitrogens with one attached hydrogen (secondary N) is 1. The molecule has 230 valence electrons. The molecule has 1 aliphatic rings. The minimum absolute atomic E-state index is 0.0615. The molecule has 2 N–H and O–H groups in total. The second-order valence-corrected chi connectivity index (χ2v) is 10.9. The molecule has 0 aromatic heterocycles. The molecule has 1 aliphatic heterocycles. The van der Waals surface area contributed by atoms with Crippen LogP contribution in [0.1, 0.15) is 46.8 Å². The van der Waals surface area contributed by atoms with Crippen LogP contribution in [-0.2, 0) is 28.9 Å². The summed E-state index contributed by atoms with van der Waals surface area (Å²) in [6.07, 6.45) is 1.67. The highest BCUT2D eigenvalue weighted by Crippen LogP contribution is 2.43. The van der Waals surface area contributed by atoms with Crippen LogP contribution in [0.15, 0.2) is 119 Å². The normalized spacial score (nSPS) is 17.1. The number of benzene rings is 4. The Labute approximate surface area is 263 Å². The number of aliphatic hydroxyl groups excluding tert-OH is 1. The van der Waals surface area contributed by atoms with Gasteiger partial charge in [0.25, 0.3) is 5.91 Å². The SMILES string of the molecule is [N-]=[N+]=NCc1ccccc1C[C@@]1(C(=O)NCCCc2ccccc2)N=C(c2ccc(OCCCO)cc2)O[C@@H]1c1ccccc1. The number of aliphatic imine (C=N–C) groups is 1. The van der Waals surface area contributed by atoms with Crippen LogP contribution in [0.3, 0.4) is 0 Å². The lowest BCUT2D eigenvalue weighted by Crippen LogP contribution is -2.50. The van der Waals surface area contributed by atoms with E-state index in [4.69, 9.17) is 25.1 Å². The largest absolute Gasteiger partial charge is 0.494 e. The summed E-state index contributed by atoms with van der Waals surface area (Å²) < 4.78 is 12.3. The van der Waals surface area contributed by atoms with Crippen LogP contribution in [-0.4, -0.2) is 42.2 Å². The van der Waals surface area contributed by atoms with Gasteiger partial charge in [-0.15, -0.1) is 0 Å². The first-order valence-electron chi connectivity index (χ1n) is 15.2. The van der Waals surface area contributed by atoms with E-state index >= 15 is 0 Å². The van der Waals surface area contributed by atoms with Crippen LogP contribution in [0.5, 0.6) is 5.75 Å². The molecular weight excluding hydrogens is 566 g/mol. The van der Waals surface area contributed by atoms with Crippen molar-refractivity contribution in [2.75, 3.05) is 19.8 Å². The third-order valence-corrected chi connectivity index (χ3v) is 7.79. The third-order valence-electron chi connectivity index (χ3n) is 7.79. The first-order valence-corrected chi connectivity index (χ1v) is 15.2. The lowest BCUT2D eigenvalue weighted by molar-refractivity contribution is -0.128. The summed E-state index contributed by atoms with van der Waals surface area (Å²) in [7, 11) is 0. The van der Waals surface area contributed by atoms with Crippen molar-refractivity contribution >= 4 is 11.8 Å². The van der Waals surface area contributed by atoms with Crippen molar-refractivity contribution in [2.24, 2.45) is 10.1 Å². The van der Waals surface area contributed by atoms with Gasteiger partial charge in [-0.2, -0.15) is 0 Å². The molecule has 9 heteroatoms. The van der Waals surface area contributed by atoms with E-state index in [1.807, 2.05) is 97.1 Å². The zero-order valence-electron chi connectivity index (χ0n) is 25.1. The molecule has 4 aromatic carbocycles. The predicted octanol–water partition coefficient (Wildman–Crippen LogP) is 6.51. The zero-order valence-corrected chi connectivity index (χ0v) is 25.1. The molecule has 0 bridgehead atoms. The molecule has 0 saturated heterocycles. The minimum atomic E-state index is -1.34. The maximum atomic E-state index is 14.4. The van der Waals surface area contributed by atoms with Gasteiger partial charge in [-0.25, -0.2) is 4.99 Å². The van der Waals surface area contributed by atoms with Crippen molar-refractivity contribution in [3.05, 3.63) is 147 Å². The summed E-state index contributed by atoms with van der Waals surface area (Å²) in [6.45, 7) is 1.10. The first kappa shape index (κ1) is 31.3. The molecule has 2 atom stereocenters. The van der Waals surface area contributed by atoms with E-state index in [-0.39, 0.29) is 25.5 Å². The maximum Gasteiger partial charge on any atom is 0.252 e. The predicted molar refractivity (Wildman–Crippen MR) is 174 cm³/mol.